The number of carbonyl (C=O) groups is 1. The molecule has 41 heavy (non-hydrogen) atoms. The van der Waals surface area contributed by atoms with Crippen molar-refractivity contribution >= 4 is 17.4 Å². The number of rotatable bonds is 7. The predicted octanol–water partition coefficient (Wildman–Crippen LogP) is 2.95. The van der Waals surface area contributed by atoms with Gasteiger partial charge in [0.15, 0.2) is 0 Å². The maximum absolute atomic E-state index is 12.5. The van der Waals surface area contributed by atoms with Gasteiger partial charge in [-0.1, -0.05) is 18.7 Å². The fourth-order valence-corrected chi connectivity index (χ4v) is 6.64. The molecule has 0 bridgehead atoms. The number of benzene rings is 1. The summed E-state index contributed by atoms with van der Waals surface area (Å²) in [5.74, 6) is 1.73. The number of hydrogen-bond donors (Lipinski definition) is 0. The lowest BCUT2D eigenvalue weighted by molar-refractivity contribution is -0.128. The molecule has 0 radical (unpaired) electrons. The normalized spacial score (nSPS) is 22.4. The number of ether oxygens (including phenoxy) is 2. The molecule has 2 fully saturated rings. The van der Waals surface area contributed by atoms with Crippen molar-refractivity contribution in [2.24, 2.45) is 0 Å². The van der Waals surface area contributed by atoms with Crippen molar-refractivity contribution in [3.05, 3.63) is 47.7 Å². The highest BCUT2D eigenvalue weighted by Gasteiger charge is 2.34. The van der Waals surface area contributed by atoms with E-state index in [1.807, 2.05) is 0 Å². The fourth-order valence-electron chi connectivity index (χ4n) is 6.64. The highest BCUT2D eigenvalue weighted by Crippen LogP contribution is 2.39. The third kappa shape index (κ3) is 5.55. The summed E-state index contributed by atoms with van der Waals surface area (Å²) in [6.07, 6.45) is 6.74. The van der Waals surface area contributed by atoms with Crippen molar-refractivity contribution in [2.75, 3.05) is 62.8 Å². The summed E-state index contributed by atoms with van der Waals surface area (Å²) in [6, 6.07) is 9.22. The van der Waals surface area contributed by atoms with E-state index in [0.717, 1.165) is 73.9 Å². The van der Waals surface area contributed by atoms with E-state index >= 15 is 0 Å². The SMILES string of the molecule is C=CC(=O)N1CCN(c2nc(OC[C@@H]3CCCN3C)nc3c2CCN(c2cccc4c2OCCC4)C3)C[C@@H]1CC#N. The molecule has 2 saturated heterocycles. The van der Waals surface area contributed by atoms with Crippen LogP contribution >= 0.6 is 0 Å². The molecule has 0 N–H and O–H groups in total. The molecular weight excluding hydrogens is 518 g/mol. The first-order valence-electron chi connectivity index (χ1n) is 14.8. The molecule has 5 heterocycles. The average molecular weight is 558 g/mol. The van der Waals surface area contributed by atoms with Crippen molar-refractivity contribution in [2.45, 2.75) is 57.2 Å². The van der Waals surface area contributed by atoms with E-state index in [1.54, 1.807) is 4.90 Å². The molecule has 4 aliphatic rings. The van der Waals surface area contributed by atoms with Gasteiger partial charge in [-0.2, -0.15) is 15.2 Å². The highest BCUT2D eigenvalue weighted by molar-refractivity contribution is 5.87. The third-order valence-corrected chi connectivity index (χ3v) is 8.92. The van der Waals surface area contributed by atoms with Crippen molar-refractivity contribution in [3.8, 4) is 17.8 Å². The standard InChI is InChI=1S/C31H39N7O3/c1-3-28(39)38-17-16-37(19-23(38)11-13-32)30-25-12-15-36(27-10-4-7-22-8-6-18-40-29(22)27)20-26(25)33-31(34-30)41-21-24-9-5-14-35(24)2/h3-4,7,10,23-24H,1,5-6,8-9,11-12,14-21H2,2H3/t23-,24-/m0/s1. The fraction of sp³-hybridized carbons (Fsp3) is 0.548. The average Bonchev–Trinajstić information content (AvgIpc) is 3.43. The third-order valence-electron chi connectivity index (χ3n) is 8.92. The van der Waals surface area contributed by atoms with Gasteiger partial charge in [-0.05, 0) is 63.4 Å². The van der Waals surface area contributed by atoms with Gasteiger partial charge in [-0.15, -0.1) is 0 Å². The van der Waals surface area contributed by atoms with Crippen LogP contribution < -0.4 is 19.3 Å². The van der Waals surface area contributed by atoms with Gasteiger partial charge in [-0.3, -0.25) is 4.79 Å². The molecule has 6 rings (SSSR count). The molecule has 1 aromatic carbocycles. The Morgan fingerprint density at radius 1 is 1.17 bits per heavy atom. The number of nitriles is 1. The molecule has 10 nitrogen and oxygen atoms in total. The number of amides is 1. The number of aryl methyl sites for hydroxylation is 1. The molecule has 2 atom stereocenters. The van der Waals surface area contributed by atoms with Crippen LogP contribution in [-0.2, 0) is 24.2 Å². The van der Waals surface area contributed by atoms with Crippen LogP contribution in [-0.4, -0.2) is 90.7 Å². The first-order chi connectivity index (χ1) is 20.1. The predicted molar refractivity (Wildman–Crippen MR) is 156 cm³/mol. The van der Waals surface area contributed by atoms with E-state index in [9.17, 15) is 10.1 Å². The second-order valence-electron chi connectivity index (χ2n) is 11.4. The number of para-hydroxylation sites is 1. The number of hydrogen-bond acceptors (Lipinski definition) is 9. The Labute approximate surface area is 242 Å². The van der Waals surface area contributed by atoms with E-state index in [2.05, 4.69) is 52.6 Å². The highest BCUT2D eigenvalue weighted by atomic mass is 16.5. The lowest BCUT2D eigenvalue weighted by Crippen LogP contribution is -2.55. The second kappa shape index (κ2) is 12.0. The summed E-state index contributed by atoms with van der Waals surface area (Å²) in [5, 5.41) is 9.50. The van der Waals surface area contributed by atoms with Gasteiger partial charge in [0.1, 0.15) is 18.2 Å². The molecule has 1 amide bonds. The van der Waals surface area contributed by atoms with Crippen LogP contribution in [0.25, 0.3) is 0 Å². The Morgan fingerprint density at radius 2 is 2.07 bits per heavy atom. The van der Waals surface area contributed by atoms with Crippen molar-refractivity contribution in [3.63, 3.8) is 0 Å². The first kappa shape index (κ1) is 27.3. The Morgan fingerprint density at radius 3 is 2.88 bits per heavy atom. The number of likely N-dealkylation sites (tertiary alicyclic amines) is 1. The van der Waals surface area contributed by atoms with Crippen molar-refractivity contribution in [1.82, 2.24) is 19.8 Å². The van der Waals surface area contributed by atoms with Crippen molar-refractivity contribution < 1.29 is 14.3 Å². The van der Waals surface area contributed by atoms with E-state index in [4.69, 9.17) is 19.4 Å². The Hall–Kier alpha value is -3.84. The van der Waals surface area contributed by atoms with Gasteiger partial charge >= 0.3 is 6.01 Å². The van der Waals surface area contributed by atoms with Crippen LogP contribution in [0, 0.1) is 11.3 Å². The van der Waals surface area contributed by atoms with Crippen LogP contribution in [0.2, 0.25) is 0 Å². The van der Waals surface area contributed by atoms with Gasteiger partial charge < -0.3 is 29.1 Å². The zero-order valence-corrected chi connectivity index (χ0v) is 23.9. The van der Waals surface area contributed by atoms with Crippen LogP contribution in [0.3, 0.4) is 0 Å². The van der Waals surface area contributed by atoms with E-state index < -0.39 is 0 Å². The molecule has 216 valence electrons. The van der Waals surface area contributed by atoms with Crippen LogP contribution in [0.4, 0.5) is 11.5 Å². The summed E-state index contributed by atoms with van der Waals surface area (Å²) in [7, 11) is 2.14. The molecule has 0 saturated carbocycles. The number of carbonyl (C=O) groups excluding carboxylic acids is 1. The number of nitrogens with zero attached hydrogens (tertiary/aromatic N) is 7. The lowest BCUT2D eigenvalue weighted by atomic mass is 10.0. The number of aromatic nitrogens is 2. The summed E-state index contributed by atoms with van der Waals surface area (Å²) in [5.41, 5.74) is 4.47. The van der Waals surface area contributed by atoms with Gasteiger partial charge in [-0.25, -0.2) is 0 Å². The molecular formula is C31H39N7O3. The number of likely N-dealkylation sites (N-methyl/N-ethyl adjacent to an activating group) is 1. The zero-order valence-electron chi connectivity index (χ0n) is 23.9. The number of anilines is 2. The largest absolute Gasteiger partial charge is 0.491 e. The molecule has 0 unspecified atom stereocenters. The van der Waals surface area contributed by atoms with Gasteiger partial charge in [0.2, 0.25) is 5.91 Å². The molecule has 4 aliphatic heterocycles. The summed E-state index contributed by atoms with van der Waals surface area (Å²) >= 11 is 0. The molecule has 0 aliphatic carbocycles. The quantitative estimate of drug-likeness (QED) is 0.476. The molecule has 10 heteroatoms. The summed E-state index contributed by atoms with van der Waals surface area (Å²) < 4.78 is 12.4. The van der Waals surface area contributed by atoms with Crippen LogP contribution in [0.1, 0.15) is 42.5 Å². The first-order valence-corrected chi connectivity index (χ1v) is 14.8. The summed E-state index contributed by atoms with van der Waals surface area (Å²) in [4.78, 5) is 31.1. The minimum Gasteiger partial charge on any atom is -0.491 e. The van der Waals surface area contributed by atoms with Gasteiger partial charge in [0.25, 0.3) is 0 Å². The van der Waals surface area contributed by atoms with Gasteiger partial charge in [0.05, 0.1) is 43.1 Å². The Balaban J connectivity index is 1.31. The monoisotopic (exact) mass is 557 g/mol. The summed E-state index contributed by atoms with van der Waals surface area (Å²) in [6.45, 7) is 9.17. The van der Waals surface area contributed by atoms with Crippen molar-refractivity contribution in [1.29, 1.82) is 5.26 Å². The number of piperazine rings is 1. The minimum absolute atomic E-state index is 0.136. The molecule has 1 aromatic heterocycles. The maximum Gasteiger partial charge on any atom is 0.318 e. The molecule has 0 spiro atoms. The topological polar surface area (TPSA) is 98.1 Å². The van der Waals surface area contributed by atoms with Crippen LogP contribution in [0.5, 0.6) is 11.8 Å². The minimum atomic E-state index is -0.227. The zero-order chi connectivity index (χ0) is 28.3. The van der Waals surface area contributed by atoms with E-state index in [1.165, 1.54) is 18.1 Å². The molecule has 2 aromatic rings. The maximum atomic E-state index is 12.5. The Bertz CT molecular complexity index is 1340. The number of fused-ring (bicyclic) bond motifs is 2. The van der Waals surface area contributed by atoms with E-state index in [-0.39, 0.29) is 18.4 Å². The van der Waals surface area contributed by atoms with E-state index in [0.29, 0.717) is 44.8 Å². The second-order valence-corrected chi connectivity index (χ2v) is 11.4. The van der Waals surface area contributed by atoms with Gasteiger partial charge in [0, 0.05) is 37.8 Å². The lowest BCUT2D eigenvalue weighted by Gasteiger charge is -2.42. The Kier molecular flexibility index (Phi) is 7.97. The van der Waals surface area contributed by atoms with Crippen LogP contribution in [0.15, 0.2) is 30.9 Å². The smallest absolute Gasteiger partial charge is 0.318 e.